The molecular weight excluding hydrogens is 1550 g/mol. The lowest BCUT2D eigenvalue weighted by atomic mass is 9.86. The minimum Gasteiger partial charge on any atom is -0.481 e. The number of aliphatic carboxylic acids is 1. The maximum Gasteiger partial charge on any atom is 0.407 e. The zero-order valence-corrected chi connectivity index (χ0v) is 65.3. The summed E-state index contributed by atoms with van der Waals surface area (Å²) in [4.78, 5) is 194. The number of carbonyl (C=O) groups excluding carboxylic acids is 12. The second-order valence-electron chi connectivity index (χ2n) is 27.8. The van der Waals surface area contributed by atoms with Crippen molar-refractivity contribution < 1.29 is 101 Å². The molecule has 40 heteroatoms. The lowest BCUT2D eigenvalue weighted by Crippen LogP contribution is -2.58. The molecule has 0 aliphatic carbocycles. The molecule has 0 spiro atoms. The Labute approximate surface area is 680 Å². The zero-order chi connectivity index (χ0) is 85.5. The fourth-order valence-electron chi connectivity index (χ4n) is 12.8. The van der Waals surface area contributed by atoms with Crippen molar-refractivity contribution in [3.63, 3.8) is 0 Å². The molecule has 7 atom stereocenters. The summed E-state index contributed by atoms with van der Waals surface area (Å²) >= 11 is 0. The fraction of sp³-hybridized carbons (Fsp3) is 0.405. The number of carboxylic acids is 1. The van der Waals surface area contributed by atoms with E-state index >= 15 is 0 Å². The summed E-state index contributed by atoms with van der Waals surface area (Å²) in [6, 6.07) is 21.6. The first kappa shape index (κ1) is 89.5. The highest BCUT2D eigenvalue weighted by atomic mass is 16.6. The van der Waals surface area contributed by atoms with Crippen molar-refractivity contribution in [3.05, 3.63) is 164 Å². The number of amides is 12. The van der Waals surface area contributed by atoms with Gasteiger partial charge in [-0.1, -0.05) is 97.0 Å². The number of primary amides is 1. The third kappa shape index (κ3) is 26.5. The maximum absolute atomic E-state index is 14.2. The number of rotatable bonds is 39. The molecule has 9 rings (SSSR count). The van der Waals surface area contributed by atoms with Crippen LogP contribution in [0.5, 0.6) is 0 Å². The minimum atomic E-state index is -1.99. The van der Waals surface area contributed by atoms with E-state index in [2.05, 4.69) is 69.0 Å². The summed E-state index contributed by atoms with van der Waals surface area (Å²) < 4.78 is 28.5. The zero-order valence-electron chi connectivity index (χ0n) is 65.3. The molecule has 1 fully saturated rings. The smallest absolute Gasteiger partial charge is 0.407 e. The Morgan fingerprint density at radius 2 is 1.32 bits per heavy atom. The van der Waals surface area contributed by atoms with Crippen LogP contribution in [0.2, 0.25) is 0 Å². The summed E-state index contributed by atoms with van der Waals surface area (Å²) in [6.45, 7) is 1.54. The van der Waals surface area contributed by atoms with Crippen LogP contribution in [0, 0.1) is 5.41 Å². The molecule has 0 unspecified atom stereocenters. The second-order valence-corrected chi connectivity index (χ2v) is 27.8. The topological polar surface area (TPSA) is 585 Å². The standard InChI is InChI=1S/C79H96N18O22/c1-3-79(113)55-35-62-67-53(40-97(62)74(109)54(55)42-117-75(79)110)52(51-13-7-8-14-56(51)92-67)38-88-119-28-27-85-78(112)118-41-49-21-23-50(24-22-49)90-70(105)58(16-10-26-84-77(82)111)93-68(103)45(2)89-65(100)44-116-32-30-114-29-31-115-43-64(99)86-37-48-19-17-47(18-20-48)34-60-71(106)94-57(15-9-25-83-76(80)81)69(104)87-39-63(98)91-61(36-66(101)102)73(108)96-59(72(107)95-60)33-46-11-5-4-6-12-46/h4-8,11-14,17-24,35,38,45,57-61,113H,3,9-10,15-16,25-34,36-37,39-44H2,1-2H3,(H,85,112)(H,86,99)(H,87,104)(H,89,100)(H,90,105)(H,91,98)(H,93,103)(H,94,106)(H,95,107)(H,96,108)(H,101,102)(H4,80,81,83)(H3,82,84,111)/b88-38+/t45-,57-,58-,59+,60-,61-,79-/m0/s1. The molecule has 19 N–H and O–H groups in total. The molecule has 119 heavy (non-hydrogen) atoms. The van der Waals surface area contributed by atoms with Crippen LogP contribution in [-0.4, -0.2) is 218 Å². The number of carbonyl (C=O) groups is 13. The molecule has 3 aliphatic rings. The van der Waals surface area contributed by atoms with Crippen molar-refractivity contribution in [2.24, 2.45) is 16.6 Å². The van der Waals surface area contributed by atoms with E-state index in [1.54, 1.807) is 97.9 Å². The molecule has 0 bridgehead atoms. The van der Waals surface area contributed by atoms with Gasteiger partial charge in [0.2, 0.25) is 53.2 Å². The maximum atomic E-state index is 14.2. The summed E-state index contributed by atoms with van der Waals surface area (Å²) in [5, 5.41) is 64.1. The van der Waals surface area contributed by atoms with Crippen molar-refractivity contribution >= 4 is 106 Å². The third-order valence-electron chi connectivity index (χ3n) is 19.1. The van der Waals surface area contributed by atoms with E-state index in [0.29, 0.717) is 56.0 Å². The van der Waals surface area contributed by atoms with Gasteiger partial charge >= 0.3 is 24.1 Å². The number of oxime groups is 1. The van der Waals surface area contributed by atoms with Gasteiger partial charge in [-0.2, -0.15) is 0 Å². The van der Waals surface area contributed by atoms with Crippen LogP contribution in [0.4, 0.5) is 15.3 Å². The van der Waals surface area contributed by atoms with Gasteiger partial charge in [0.25, 0.3) is 5.56 Å². The van der Waals surface area contributed by atoms with Crippen LogP contribution in [-0.2, 0) is 126 Å². The Morgan fingerprint density at radius 1 is 0.689 bits per heavy atom. The third-order valence-corrected chi connectivity index (χ3v) is 19.1. The molecule has 0 saturated carbocycles. The predicted octanol–water partition coefficient (Wildman–Crippen LogP) is -1.31. The van der Waals surface area contributed by atoms with Crippen molar-refractivity contribution in [1.29, 1.82) is 5.41 Å². The molecule has 5 heterocycles. The van der Waals surface area contributed by atoms with Crippen molar-refractivity contribution in [2.75, 3.05) is 77.7 Å². The van der Waals surface area contributed by atoms with Gasteiger partial charge in [-0.05, 0) is 85.5 Å². The van der Waals surface area contributed by atoms with E-state index in [1.807, 2.05) is 18.2 Å². The molecule has 4 aromatic carbocycles. The lowest BCUT2D eigenvalue weighted by Gasteiger charge is -2.31. The number of carboxylic acid groups (broad SMARTS) is 1. The average Bonchev–Trinajstić information content (AvgIpc) is 1.65. The number of nitrogens with one attached hydrogen (secondary N) is 13. The molecule has 1 saturated heterocycles. The SMILES string of the molecule is CC[C@@]1(O)C(=O)OCc2c1cc1n(c2=O)Cc2c-1nc1ccccc1c2/C=N/OCCNC(=O)OCc1ccc(NC(=O)[C@H](CCCNC(N)=O)NC(=O)[C@H](C)NC(=O)COCCOCCOCC(=O)NCc2ccc(C[C@@H]3NC(=O)[C@@H](Cc4ccccc4)NC(=O)[C@H](CC(=O)O)NC(=O)CNC(=O)[C@H](CCCNC(=N)N)NC3=O)cc2)cc1. The Kier molecular flexibility index (Phi) is 33.1. The number of pyridine rings is 2. The number of esters is 1. The van der Waals surface area contributed by atoms with Crippen LogP contribution >= 0.6 is 0 Å². The summed E-state index contributed by atoms with van der Waals surface area (Å²) in [5.41, 5.74) is 14.1. The highest BCUT2D eigenvalue weighted by molar-refractivity contribution is 6.03. The molecule has 6 aromatic rings. The number of benzene rings is 4. The molecule has 634 valence electrons. The Bertz CT molecular complexity index is 4780. The number of aliphatic hydroxyl groups is 1. The van der Waals surface area contributed by atoms with Gasteiger partial charge in [0, 0.05) is 60.2 Å². The quantitative estimate of drug-likeness (QED) is 0.00699. The minimum absolute atomic E-state index is 0.00402. The summed E-state index contributed by atoms with van der Waals surface area (Å²) in [5.74, 6) is -9.46. The number of urea groups is 1. The molecule has 40 nitrogen and oxygen atoms in total. The highest BCUT2D eigenvalue weighted by Crippen LogP contribution is 2.40. The molecular formula is C79H96N18O22. The van der Waals surface area contributed by atoms with Crippen LogP contribution in [0.3, 0.4) is 0 Å². The number of ether oxygens (including phenoxy) is 5. The number of anilines is 1. The van der Waals surface area contributed by atoms with E-state index in [-0.39, 0.29) is 148 Å². The number of para-hydroxylation sites is 1. The van der Waals surface area contributed by atoms with E-state index in [9.17, 15) is 77.3 Å². The van der Waals surface area contributed by atoms with Crippen LogP contribution < -0.4 is 80.8 Å². The molecule has 3 aliphatic heterocycles. The predicted molar refractivity (Wildman–Crippen MR) is 424 cm³/mol. The van der Waals surface area contributed by atoms with Crippen LogP contribution in [0.15, 0.2) is 119 Å². The number of hydrogen-bond acceptors (Lipinski definition) is 24. The largest absolute Gasteiger partial charge is 0.481 e. The Morgan fingerprint density at radius 3 is 2.00 bits per heavy atom. The number of cyclic esters (lactones) is 1. The van der Waals surface area contributed by atoms with Crippen LogP contribution in [0.25, 0.3) is 22.3 Å². The molecule has 2 aromatic heterocycles. The van der Waals surface area contributed by atoms with Gasteiger partial charge < -0.3 is 119 Å². The number of aromatic nitrogens is 2. The van der Waals surface area contributed by atoms with Gasteiger partial charge in [0.15, 0.2) is 11.6 Å². The molecule has 0 radical (unpaired) electrons. The van der Waals surface area contributed by atoms with Crippen molar-refractivity contribution in [2.45, 2.75) is 133 Å². The van der Waals surface area contributed by atoms with E-state index in [0.717, 1.165) is 5.39 Å². The Hall–Kier alpha value is -13.5. The first-order valence-electron chi connectivity index (χ1n) is 38.2. The molecule has 12 amide bonds. The summed E-state index contributed by atoms with van der Waals surface area (Å²) in [6.07, 6.45) is 0.0552. The number of nitrogens with zero attached hydrogens (tertiary/aromatic N) is 3. The van der Waals surface area contributed by atoms with Gasteiger partial charge in [-0.15, -0.1) is 0 Å². The Balaban J connectivity index is 0.658. The highest BCUT2D eigenvalue weighted by Gasteiger charge is 2.46. The fourth-order valence-corrected chi connectivity index (χ4v) is 12.8. The normalized spacial score (nSPS) is 17.7. The van der Waals surface area contributed by atoms with Crippen molar-refractivity contribution in [3.8, 4) is 11.4 Å². The number of alkyl carbamates (subject to hydrolysis) is 1. The number of guanidine groups is 1. The number of fused-ring (bicyclic) bond motifs is 5. The number of nitrogens with two attached hydrogens (primary N) is 2. The van der Waals surface area contributed by atoms with Gasteiger partial charge in [0.05, 0.1) is 81.2 Å². The first-order chi connectivity index (χ1) is 57.2. The van der Waals surface area contributed by atoms with E-state index < -0.39 is 144 Å². The summed E-state index contributed by atoms with van der Waals surface area (Å²) in [7, 11) is 0. The second kappa shape index (κ2) is 44.0. The monoisotopic (exact) mass is 1650 g/mol. The van der Waals surface area contributed by atoms with E-state index in [4.69, 9.17) is 50.4 Å². The van der Waals surface area contributed by atoms with Gasteiger partial charge in [0.1, 0.15) is 69.3 Å². The van der Waals surface area contributed by atoms with E-state index in [1.165, 1.54) is 17.7 Å². The lowest BCUT2D eigenvalue weighted by molar-refractivity contribution is -0.172. The van der Waals surface area contributed by atoms with Gasteiger partial charge in [-0.25, -0.2) is 19.4 Å². The first-order valence-corrected chi connectivity index (χ1v) is 38.2. The van der Waals surface area contributed by atoms with Gasteiger partial charge in [-0.3, -0.25) is 58.1 Å². The van der Waals surface area contributed by atoms with Crippen LogP contribution in [0.1, 0.15) is 96.9 Å². The van der Waals surface area contributed by atoms with Crippen molar-refractivity contribution in [1.82, 2.24) is 68.0 Å². The number of hydrogen-bond donors (Lipinski definition) is 17. The average molecular weight is 1650 g/mol.